The number of rotatable bonds is 9. The molecule has 0 aromatic rings. The van der Waals surface area contributed by atoms with E-state index in [0.29, 0.717) is 0 Å². The van der Waals surface area contributed by atoms with Crippen molar-refractivity contribution in [2.45, 2.75) is 72.6 Å². The van der Waals surface area contributed by atoms with Crippen molar-refractivity contribution >= 4 is 0 Å². The minimum Gasteiger partial charge on any atom is -0.0917 e. The van der Waals surface area contributed by atoms with Gasteiger partial charge < -0.3 is 0 Å². The quantitative estimate of drug-likeness (QED) is 0.442. The lowest BCUT2D eigenvalue weighted by atomic mass is 9.95. The summed E-state index contributed by atoms with van der Waals surface area (Å²) in [7, 11) is 0. The molecule has 0 amide bonds. The zero-order chi connectivity index (χ0) is 12.7. The summed E-state index contributed by atoms with van der Waals surface area (Å²) in [4.78, 5) is 0. The van der Waals surface area contributed by atoms with Crippen LogP contribution in [0, 0.1) is 23.7 Å². The second-order valence-corrected chi connectivity index (χ2v) is 6.23. The minimum absolute atomic E-state index is 0.944. The molecule has 0 aliphatic heterocycles. The van der Waals surface area contributed by atoms with E-state index in [1.165, 1.54) is 44.9 Å². The Morgan fingerprint density at radius 2 is 2.00 bits per heavy atom. The van der Waals surface area contributed by atoms with Gasteiger partial charge in [0.15, 0.2) is 0 Å². The average Bonchev–Trinajstić information content (AvgIpc) is 3.08. The van der Waals surface area contributed by atoms with Crippen LogP contribution in [-0.4, -0.2) is 0 Å². The van der Waals surface area contributed by atoms with Gasteiger partial charge in [-0.05, 0) is 49.9 Å². The van der Waals surface area contributed by atoms with Crippen molar-refractivity contribution in [1.82, 2.24) is 0 Å². The maximum Gasteiger partial charge on any atom is -0.0348 e. The van der Waals surface area contributed by atoms with Gasteiger partial charge in [0.25, 0.3) is 0 Å². The number of hydrogen-bond donors (Lipinski definition) is 0. The zero-order valence-electron chi connectivity index (χ0n) is 12.4. The lowest BCUT2D eigenvalue weighted by molar-refractivity contribution is 0.417. The van der Waals surface area contributed by atoms with Gasteiger partial charge in [-0.25, -0.2) is 0 Å². The minimum atomic E-state index is 0.944. The molecule has 0 heteroatoms. The lowest BCUT2D eigenvalue weighted by Crippen LogP contribution is -1.99. The molecule has 0 saturated heterocycles. The normalized spacial score (nSPS) is 27.3. The molecule has 1 fully saturated rings. The van der Waals surface area contributed by atoms with Crippen LogP contribution in [0.4, 0.5) is 0 Å². The van der Waals surface area contributed by atoms with E-state index in [-0.39, 0.29) is 0 Å². The Hall–Kier alpha value is -0.260. The predicted molar refractivity (Wildman–Crippen MR) is 78.1 cm³/mol. The van der Waals surface area contributed by atoms with Gasteiger partial charge in [0, 0.05) is 0 Å². The van der Waals surface area contributed by atoms with Gasteiger partial charge in [-0.1, -0.05) is 58.6 Å². The van der Waals surface area contributed by atoms with E-state index in [1.807, 2.05) is 0 Å². The summed E-state index contributed by atoms with van der Waals surface area (Å²) in [6.07, 6.45) is 14.5. The van der Waals surface area contributed by atoms with Crippen LogP contribution in [0.2, 0.25) is 0 Å². The Balaban J connectivity index is 2.03. The molecule has 1 aliphatic rings. The first kappa shape index (κ1) is 14.8. The Labute approximate surface area is 109 Å². The van der Waals surface area contributed by atoms with Gasteiger partial charge in [0.05, 0.1) is 0 Å². The Bertz CT molecular complexity index is 216. The molecule has 4 atom stereocenters. The van der Waals surface area contributed by atoms with Gasteiger partial charge in [-0.2, -0.15) is 0 Å². The van der Waals surface area contributed by atoms with Crippen molar-refractivity contribution < 1.29 is 0 Å². The molecule has 1 aliphatic carbocycles. The average molecular weight is 236 g/mol. The molecule has 4 unspecified atom stereocenters. The van der Waals surface area contributed by atoms with E-state index in [0.717, 1.165) is 23.7 Å². The molecule has 0 aromatic carbocycles. The monoisotopic (exact) mass is 236 g/mol. The van der Waals surface area contributed by atoms with E-state index in [2.05, 4.69) is 39.8 Å². The highest BCUT2D eigenvalue weighted by Crippen LogP contribution is 2.48. The Kier molecular flexibility index (Phi) is 6.92. The summed E-state index contributed by atoms with van der Waals surface area (Å²) in [5.74, 6) is 4.05. The van der Waals surface area contributed by atoms with Crippen molar-refractivity contribution in [3.8, 4) is 0 Å². The zero-order valence-corrected chi connectivity index (χ0v) is 12.4. The molecule has 0 bridgehead atoms. The standard InChI is InChI=1S/C17H32/c1-5-7-8-11-15(4)17-13-16(17)12-9-10-14(3)6-2/h5,7,14-17H,6,8-13H2,1-4H3. The highest BCUT2D eigenvalue weighted by atomic mass is 14.4. The smallest absolute Gasteiger partial charge is 0.0348 e. The largest absolute Gasteiger partial charge is 0.0917 e. The summed E-state index contributed by atoms with van der Waals surface area (Å²) < 4.78 is 0. The first-order valence-electron chi connectivity index (χ1n) is 7.80. The number of hydrogen-bond acceptors (Lipinski definition) is 0. The fourth-order valence-corrected chi connectivity index (χ4v) is 2.97. The molecule has 100 valence electrons. The van der Waals surface area contributed by atoms with Gasteiger partial charge in [-0.15, -0.1) is 0 Å². The van der Waals surface area contributed by atoms with Crippen LogP contribution < -0.4 is 0 Å². The summed E-state index contributed by atoms with van der Waals surface area (Å²) >= 11 is 0. The first-order chi connectivity index (χ1) is 8.19. The van der Waals surface area contributed by atoms with Crippen molar-refractivity contribution in [2.75, 3.05) is 0 Å². The molecule has 1 saturated carbocycles. The van der Waals surface area contributed by atoms with Crippen LogP contribution in [0.1, 0.15) is 72.6 Å². The molecule has 0 radical (unpaired) electrons. The molecule has 0 nitrogen and oxygen atoms in total. The predicted octanol–water partition coefficient (Wildman–Crippen LogP) is 5.83. The maximum absolute atomic E-state index is 2.46. The van der Waals surface area contributed by atoms with Crippen LogP contribution >= 0.6 is 0 Å². The Morgan fingerprint density at radius 1 is 1.24 bits per heavy atom. The highest BCUT2D eigenvalue weighted by molar-refractivity contribution is 4.90. The Morgan fingerprint density at radius 3 is 2.65 bits per heavy atom. The van der Waals surface area contributed by atoms with Crippen LogP contribution in [0.3, 0.4) is 0 Å². The molecule has 17 heavy (non-hydrogen) atoms. The van der Waals surface area contributed by atoms with Crippen molar-refractivity contribution in [1.29, 1.82) is 0 Å². The van der Waals surface area contributed by atoms with Gasteiger partial charge in [-0.3, -0.25) is 0 Å². The molecular formula is C17H32. The van der Waals surface area contributed by atoms with E-state index >= 15 is 0 Å². The van der Waals surface area contributed by atoms with Crippen LogP contribution in [-0.2, 0) is 0 Å². The maximum atomic E-state index is 2.46. The molecule has 0 spiro atoms. The second kappa shape index (κ2) is 7.95. The van der Waals surface area contributed by atoms with E-state index in [4.69, 9.17) is 0 Å². The summed E-state index contributed by atoms with van der Waals surface area (Å²) in [6, 6.07) is 0. The molecule has 0 heterocycles. The van der Waals surface area contributed by atoms with E-state index < -0.39 is 0 Å². The van der Waals surface area contributed by atoms with Crippen molar-refractivity contribution in [2.24, 2.45) is 23.7 Å². The van der Waals surface area contributed by atoms with Crippen LogP contribution in [0.5, 0.6) is 0 Å². The SMILES string of the molecule is CC=CCCC(C)C1CC1CCCC(C)CC. The third-order valence-corrected chi connectivity index (χ3v) is 4.70. The van der Waals surface area contributed by atoms with Crippen LogP contribution in [0.25, 0.3) is 0 Å². The molecular weight excluding hydrogens is 204 g/mol. The summed E-state index contributed by atoms with van der Waals surface area (Å²) in [6.45, 7) is 9.29. The lowest BCUT2D eigenvalue weighted by Gasteiger charge is -2.10. The third-order valence-electron chi connectivity index (χ3n) is 4.70. The molecule has 1 rings (SSSR count). The fourth-order valence-electron chi connectivity index (χ4n) is 2.97. The first-order valence-corrected chi connectivity index (χ1v) is 7.80. The second-order valence-electron chi connectivity index (χ2n) is 6.23. The van der Waals surface area contributed by atoms with Gasteiger partial charge in [0.2, 0.25) is 0 Å². The third kappa shape index (κ3) is 5.75. The summed E-state index contributed by atoms with van der Waals surface area (Å²) in [5, 5.41) is 0. The van der Waals surface area contributed by atoms with Crippen molar-refractivity contribution in [3.63, 3.8) is 0 Å². The molecule has 0 N–H and O–H groups in total. The highest BCUT2D eigenvalue weighted by Gasteiger charge is 2.39. The van der Waals surface area contributed by atoms with Gasteiger partial charge in [0.1, 0.15) is 0 Å². The van der Waals surface area contributed by atoms with Crippen LogP contribution in [0.15, 0.2) is 12.2 Å². The van der Waals surface area contributed by atoms with E-state index in [9.17, 15) is 0 Å². The molecule has 0 aromatic heterocycles. The van der Waals surface area contributed by atoms with E-state index in [1.54, 1.807) is 0 Å². The van der Waals surface area contributed by atoms with Gasteiger partial charge >= 0.3 is 0 Å². The van der Waals surface area contributed by atoms with Crippen molar-refractivity contribution in [3.05, 3.63) is 12.2 Å². The number of allylic oxidation sites excluding steroid dienone is 2. The topological polar surface area (TPSA) is 0 Å². The fraction of sp³-hybridized carbons (Fsp3) is 0.882. The summed E-state index contributed by atoms with van der Waals surface area (Å²) in [5.41, 5.74) is 0.